The van der Waals surface area contributed by atoms with Crippen LogP contribution in [-0.2, 0) is 0 Å². The van der Waals surface area contributed by atoms with E-state index in [2.05, 4.69) is 10.1 Å². The Morgan fingerprint density at radius 2 is 2.16 bits per heavy atom. The highest BCUT2D eigenvalue weighted by Crippen LogP contribution is 2.24. The normalized spacial score (nSPS) is 10.5. The van der Waals surface area contributed by atoms with Crippen molar-refractivity contribution in [3.63, 3.8) is 0 Å². The van der Waals surface area contributed by atoms with Crippen molar-refractivity contribution < 1.29 is 9.90 Å². The summed E-state index contributed by atoms with van der Waals surface area (Å²) in [5, 5.41) is 14.8. The highest BCUT2D eigenvalue weighted by Gasteiger charge is 2.08. The van der Waals surface area contributed by atoms with E-state index >= 15 is 0 Å². The number of aromatic carboxylic acids is 1. The van der Waals surface area contributed by atoms with Crippen LogP contribution in [0.4, 0.5) is 0 Å². The molecule has 1 N–H and O–H groups in total. The fraction of sp³-hybridized carbons (Fsp3) is 0. The van der Waals surface area contributed by atoms with E-state index in [4.69, 9.17) is 5.11 Å². The van der Waals surface area contributed by atoms with E-state index in [1.807, 2.05) is 29.6 Å². The van der Waals surface area contributed by atoms with Gasteiger partial charge in [-0.3, -0.25) is 0 Å². The van der Waals surface area contributed by atoms with Crippen LogP contribution in [0, 0.1) is 0 Å². The molecule has 0 unspecified atom stereocenters. The summed E-state index contributed by atoms with van der Waals surface area (Å²) in [5.74, 6) is -0.408. The first-order chi connectivity index (χ1) is 9.24. The lowest BCUT2D eigenvalue weighted by Crippen LogP contribution is -1.98. The summed E-state index contributed by atoms with van der Waals surface area (Å²) in [4.78, 5) is 16.2. The molecular formula is C13H9N3O2S. The average molecular weight is 271 g/mol. The van der Waals surface area contributed by atoms with Gasteiger partial charge in [-0.05, 0) is 23.6 Å². The summed E-state index contributed by atoms with van der Waals surface area (Å²) >= 11 is 1.65. The number of nitrogens with zero attached hydrogens (tertiary/aromatic N) is 3. The summed E-state index contributed by atoms with van der Waals surface area (Å²) in [5.41, 5.74) is 1.17. The maximum absolute atomic E-state index is 10.8. The molecule has 0 radical (unpaired) electrons. The standard InChI is InChI=1S/C13H9N3O2S/c17-13(18)10-7-15-16(8-10)12-4-3-9(6-14-12)11-2-1-5-19-11/h1-8H,(H,17,18). The van der Waals surface area contributed by atoms with Gasteiger partial charge in [0.15, 0.2) is 5.82 Å². The van der Waals surface area contributed by atoms with Gasteiger partial charge in [0.2, 0.25) is 0 Å². The lowest BCUT2D eigenvalue weighted by molar-refractivity contribution is 0.0697. The SMILES string of the molecule is O=C(O)c1cnn(-c2ccc(-c3cccs3)cn2)c1. The van der Waals surface area contributed by atoms with Crippen LogP contribution in [0.1, 0.15) is 10.4 Å². The van der Waals surface area contributed by atoms with E-state index in [-0.39, 0.29) is 5.56 Å². The van der Waals surface area contributed by atoms with Crippen molar-refractivity contribution in [3.05, 3.63) is 53.8 Å². The molecule has 0 saturated carbocycles. The van der Waals surface area contributed by atoms with Gasteiger partial charge in [-0.2, -0.15) is 5.10 Å². The second kappa shape index (κ2) is 4.66. The molecular weight excluding hydrogens is 262 g/mol. The van der Waals surface area contributed by atoms with Crippen molar-refractivity contribution in [2.45, 2.75) is 0 Å². The number of carboxylic acids is 1. The summed E-state index contributed by atoms with van der Waals surface area (Å²) in [6, 6.07) is 7.77. The molecule has 6 heteroatoms. The maximum atomic E-state index is 10.8. The predicted molar refractivity (Wildman–Crippen MR) is 71.6 cm³/mol. The maximum Gasteiger partial charge on any atom is 0.338 e. The van der Waals surface area contributed by atoms with Crippen LogP contribution in [0.5, 0.6) is 0 Å². The van der Waals surface area contributed by atoms with Gasteiger partial charge in [-0.1, -0.05) is 6.07 Å². The van der Waals surface area contributed by atoms with Crippen molar-refractivity contribution >= 4 is 17.3 Å². The van der Waals surface area contributed by atoms with E-state index in [9.17, 15) is 4.79 Å². The third kappa shape index (κ3) is 2.25. The molecule has 0 saturated heterocycles. The first-order valence-corrected chi connectivity index (χ1v) is 6.40. The second-order valence-corrected chi connectivity index (χ2v) is 4.81. The van der Waals surface area contributed by atoms with Crippen molar-refractivity contribution in [2.75, 3.05) is 0 Å². The van der Waals surface area contributed by atoms with Gasteiger partial charge in [0, 0.05) is 22.8 Å². The Morgan fingerprint density at radius 1 is 1.26 bits per heavy atom. The van der Waals surface area contributed by atoms with Gasteiger partial charge < -0.3 is 5.11 Å². The zero-order chi connectivity index (χ0) is 13.2. The smallest absolute Gasteiger partial charge is 0.338 e. The third-order valence-corrected chi connectivity index (χ3v) is 3.54. The molecule has 0 aromatic carbocycles. The molecule has 19 heavy (non-hydrogen) atoms. The molecule has 3 heterocycles. The molecule has 3 aromatic rings. The van der Waals surface area contributed by atoms with Gasteiger partial charge in [0.25, 0.3) is 0 Å². The second-order valence-electron chi connectivity index (χ2n) is 3.86. The fourth-order valence-corrected chi connectivity index (χ4v) is 2.39. The number of hydrogen-bond donors (Lipinski definition) is 1. The van der Waals surface area contributed by atoms with Crippen molar-refractivity contribution in [1.29, 1.82) is 0 Å². The predicted octanol–water partition coefficient (Wildman–Crippen LogP) is 2.69. The topological polar surface area (TPSA) is 68.0 Å². The monoisotopic (exact) mass is 271 g/mol. The molecule has 0 aliphatic rings. The lowest BCUT2D eigenvalue weighted by Gasteiger charge is -2.01. The number of carbonyl (C=O) groups is 1. The molecule has 94 valence electrons. The molecule has 0 aliphatic heterocycles. The van der Waals surface area contributed by atoms with Gasteiger partial charge in [-0.15, -0.1) is 11.3 Å². The number of pyridine rings is 1. The minimum absolute atomic E-state index is 0.143. The fourth-order valence-electron chi connectivity index (χ4n) is 1.67. The Morgan fingerprint density at radius 3 is 2.74 bits per heavy atom. The van der Waals surface area contributed by atoms with Crippen LogP contribution in [0.3, 0.4) is 0 Å². The zero-order valence-corrected chi connectivity index (χ0v) is 10.5. The number of carboxylic acid groups (broad SMARTS) is 1. The highest BCUT2D eigenvalue weighted by molar-refractivity contribution is 7.13. The van der Waals surface area contributed by atoms with Crippen molar-refractivity contribution in [2.24, 2.45) is 0 Å². The number of rotatable bonds is 3. The van der Waals surface area contributed by atoms with Crippen molar-refractivity contribution in [3.8, 4) is 16.3 Å². The molecule has 3 rings (SSSR count). The molecule has 3 aromatic heterocycles. The van der Waals surface area contributed by atoms with Crippen LogP contribution in [0.2, 0.25) is 0 Å². The van der Waals surface area contributed by atoms with E-state index in [1.165, 1.54) is 17.1 Å². The number of hydrogen-bond acceptors (Lipinski definition) is 4. The van der Waals surface area contributed by atoms with Crippen molar-refractivity contribution in [1.82, 2.24) is 14.8 Å². The third-order valence-electron chi connectivity index (χ3n) is 2.62. The van der Waals surface area contributed by atoms with Gasteiger partial charge >= 0.3 is 5.97 Å². The average Bonchev–Trinajstić information content (AvgIpc) is 3.11. The lowest BCUT2D eigenvalue weighted by atomic mass is 10.2. The summed E-state index contributed by atoms with van der Waals surface area (Å²) in [7, 11) is 0. The first kappa shape index (κ1) is 11.6. The van der Waals surface area contributed by atoms with Crippen LogP contribution in [-0.4, -0.2) is 25.8 Å². The minimum Gasteiger partial charge on any atom is -0.478 e. The molecule has 0 bridgehead atoms. The molecule has 5 nitrogen and oxygen atoms in total. The summed E-state index contributed by atoms with van der Waals surface area (Å²) < 4.78 is 1.45. The van der Waals surface area contributed by atoms with E-state index in [0.717, 1.165) is 10.4 Å². The Balaban J connectivity index is 1.91. The summed E-state index contributed by atoms with van der Waals surface area (Å²) in [6.07, 6.45) is 4.50. The highest BCUT2D eigenvalue weighted by atomic mass is 32.1. The van der Waals surface area contributed by atoms with Gasteiger partial charge in [0.1, 0.15) is 0 Å². The zero-order valence-electron chi connectivity index (χ0n) is 9.72. The minimum atomic E-state index is -0.999. The van der Waals surface area contributed by atoms with Crippen LogP contribution in [0.15, 0.2) is 48.2 Å². The van der Waals surface area contributed by atoms with Crippen LogP contribution >= 0.6 is 11.3 Å². The van der Waals surface area contributed by atoms with E-state index < -0.39 is 5.97 Å². The Hall–Kier alpha value is -2.47. The molecule has 0 fully saturated rings. The largest absolute Gasteiger partial charge is 0.478 e. The Labute approximate surface area is 112 Å². The Kier molecular flexibility index (Phi) is 2.85. The van der Waals surface area contributed by atoms with E-state index in [0.29, 0.717) is 5.82 Å². The quantitative estimate of drug-likeness (QED) is 0.795. The first-order valence-electron chi connectivity index (χ1n) is 5.52. The molecule has 0 amide bonds. The molecule has 0 spiro atoms. The summed E-state index contributed by atoms with van der Waals surface area (Å²) in [6.45, 7) is 0. The van der Waals surface area contributed by atoms with Gasteiger partial charge in [0.05, 0.1) is 11.8 Å². The number of aromatic nitrogens is 3. The molecule has 0 atom stereocenters. The van der Waals surface area contributed by atoms with Crippen LogP contribution in [0.25, 0.3) is 16.3 Å². The van der Waals surface area contributed by atoms with Crippen LogP contribution < -0.4 is 0 Å². The molecule has 0 aliphatic carbocycles. The Bertz CT molecular complexity index is 702. The number of thiophene rings is 1. The van der Waals surface area contributed by atoms with E-state index in [1.54, 1.807) is 17.5 Å². The van der Waals surface area contributed by atoms with Gasteiger partial charge in [-0.25, -0.2) is 14.5 Å².